The van der Waals surface area contributed by atoms with E-state index in [0.29, 0.717) is 6.08 Å². The van der Waals surface area contributed by atoms with Gasteiger partial charge in [0, 0.05) is 19.4 Å². The maximum atomic E-state index is 8.24. The van der Waals surface area contributed by atoms with Crippen LogP contribution in [0.5, 0.6) is 0 Å². The zero-order chi connectivity index (χ0) is 10.9. The molecule has 1 saturated heterocycles. The van der Waals surface area contributed by atoms with Crippen molar-refractivity contribution in [3.8, 4) is 0 Å². The topological polar surface area (TPSA) is 48.6 Å². The van der Waals surface area contributed by atoms with Crippen LogP contribution in [0.15, 0.2) is 0 Å². The minimum Gasteiger partial charge on any atom is -0.724 e. The smallest absolute Gasteiger partial charge is 0.183 e. The first-order chi connectivity index (χ1) is 6.74. The first kappa shape index (κ1) is 13.3. The number of ether oxygens (including phenoxy) is 1. The molecule has 4 heteroatoms. The van der Waals surface area contributed by atoms with Gasteiger partial charge in [-0.3, -0.25) is 4.79 Å². The number of hydrogen-bond acceptors (Lipinski definition) is 2. The third kappa shape index (κ3) is 4.51. The van der Waals surface area contributed by atoms with Crippen LogP contribution in [0.3, 0.4) is 0 Å². The van der Waals surface area contributed by atoms with Crippen LogP contribution in [0.1, 0.15) is 26.7 Å². The number of nitrogens with zero attached hydrogens (tertiary/aromatic N) is 2. The molecule has 1 aliphatic heterocycles. The van der Waals surface area contributed by atoms with E-state index in [-0.39, 0.29) is 0 Å². The van der Waals surface area contributed by atoms with Crippen LogP contribution >= 0.6 is 0 Å². The molecule has 0 saturated carbocycles. The molecule has 1 fully saturated rings. The van der Waals surface area contributed by atoms with E-state index in [4.69, 9.17) is 14.9 Å². The summed E-state index contributed by atoms with van der Waals surface area (Å²) in [5.74, 6) is 0. The quantitative estimate of drug-likeness (QED) is 0.392. The summed E-state index contributed by atoms with van der Waals surface area (Å²) >= 11 is 0. The number of isocyanates is 1. The molecule has 0 N–H and O–H groups in total. The summed E-state index contributed by atoms with van der Waals surface area (Å²) in [6.45, 7) is 10.0. The van der Waals surface area contributed by atoms with Crippen LogP contribution in [0.25, 0.3) is 5.41 Å². The van der Waals surface area contributed by atoms with Gasteiger partial charge in [-0.05, 0) is 19.9 Å². The van der Waals surface area contributed by atoms with Gasteiger partial charge in [-0.15, -0.1) is 0 Å². The molecule has 0 aromatic carbocycles. The summed E-state index contributed by atoms with van der Waals surface area (Å²) < 4.78 is 6.69. The Morgan fingerprint density at radius 1 is 1.36 bits per heavy atom. The lowest BCUT2D eigenvalue weighted by Gasteiger charge is -2.32. The third-order valence-electron chi connectivity index (χ3n) is 2.76. The third-order valence-corrected chi connectivity index (χ3v) is 2.76. The Labute approximate surface area is 86.0 Å². The Morgan fingerprint density at radius 2 is 1.86 bits per heavy atom. The van der Waals surface area contributed by atoms with Crippen LogP contribution in [-0.2, 0) is 9.53 Å². The van der Waals surface area contributed by atoms with Crippen molar-refractivity contribution in [2.24, 2.45) is 0 Å². The van der Waals surface area contributed by atoms with E-state index in [1.54, 1.807) is 0 Å². The largest absolute Gasteiger partial charge is 0.724 e. The number of quaternary nitrogens is 1. The highest BCUT2D eigenvalue weighted by molar-refractivity contribution is 5.36. The number of rotatable bonds is 4. The molecule has 0 spiro atoms. The fourth-order valence-electron chi connectivity index (χ4n) is 1.83. The summed E-state index contributed by atoms with van der Waals surface area (Å²) in [5.41, 5.74) is 0. The van der Waals surface area contributed by atoms with Gasteiger partial charge in [0.25, 0.3) is 0 Å². The molecule has 1 heterocycles. The molecular weight excluding hydrogens is 180 g/mol. The molecule has 1 rings (SSSR count). The highest BCUT2D eigenvalue weighted by Crippen LogP contribution is 2.18. The molecule has 14 heavy (non-hydrogen) atoms. The normalized spacial score (nSPS) is 18.1. The van der Waals surface area contributed by atoms with Crippen molar-refractivity contribution in [3.05, 3.63) is 5.41 Å². The van der Waals surface area contributed by atoms with Crippen molar-refractivity contribution in [2.75, 3.05) is 33.0 Å². The summed E-state index contributed by atoms with van der Waals surface area (Å²) in [7, 11) is 0. The second-order valence-corrected chi connectivity index (χ2v) is 3.53. The van der Waals surface area contributed by atoms with Crippen LogP contribution in [0, 0.1) is 0 Å². The van der Waals surface area contributed by atoms with Crippen molar-refractivity contribution >= 4 is 6.08 Å². The minimum atomic E-state index is 0.500. The average Bonchev–Trinajstić information content (AvgIpc) is 2.65. The molecule has 0 aromatic heterocycles. The standard InChI is InChI=1S/C9H20NO.CNO/c1-3-10(9-11-4-2)7-5-6-8-10;2-1-3/h3-9H2,1-2H3;/q+1;-1. The summed E-state index contributed by atoms with van der Waals surface area (Å²) in [6.07, 6.45) is 3.28. The number of hydrogen-bond donors (Lipinski definition) is 0. The van der Waals surface area contributed by atoms with Crippen molar-refractivity contribution in [1.29, 1.82) is 0 Å². The monoisotopic (exact) mass is 200 g/mol. The maximum Gasteiger partial charge on any atom is 0.183 e. The predicted molar refractivity (Wildman–Crippen MR) is 55.3 cm³/mol. The molecule has 82 valence electrons. The van der Waals surface area contributed by atoms with E-state index < -0.39 is 0 Å². The average molecular weight is 200 g/mol. The first-order valence-corrected chi connectivity index (χ1v) is 5.18. The summed E-state index contributed by atoms with van der Waals surface area (Å²) in [4.78, 5) is 8.24. The van der Waals surface area contributed by atoms with Crippen molar-refractivity contribution in [2.45, 2.75) is 26.7 Å². The van der Waals surface area contributed by atoms with Crippen LogP contribution in [0.2, 0.25) is 0 Å². The molecule has 1 aliphatic rings. The van der Waals surface area contributed by atoms with Crippen LogP contribution in [-0.4, -0.2) is 43.5 Å². The van der Waals surface area contributed by atoms with Gasteiger partial charge in [-0.25, -0.2) is 0 Å². The lowest BCUT2D eigenvalue weighted by atomic mass is 10.4. The van der Waals surface area contributed by atoms with E-state index in [0.717, 1.165) is 13.3 Å². The molecule has 0 unspecified atom stereocenters. The van der Waals surface area contributed by atoms with Crippen molar-refractivity contribution < 1.29 is 14.0 Å². The molecule has 0 aliphatic carbocycles. The van der Waals surface area contributed by atoms with Gasteiger partial charge in [-0.2, -0.15) is 0 Å². The second kappa shape index (κ2) is 7.68. The van der Waals surface area contributed by atoms with E-state index in [9.17, 15) is 0 Å². The Kier molecular flexibility index (Phi) is 7.30. The first-order valence-electron chi connectivity index (χ1n) is 5.18. The lowest BCUT2D eigenvalue weighted by molar-refractivity contribution is -0.933. The lowest BCUT2D eigenvalue weighted by Crippen LogP contribution is -2.46. The Morgan fingerprint density at radius 3 is 2.21 bits per heavy atom. The molecule has 0 atom stereocenters. The van der Waals surface area contributed by atoms with Crippen LogP contribution < -0.4 is 0 Å². The summed E-state index contributed by atoms with van der Waals surface area (Å²) in [5, 5.41) is 6.76. The molecule has 0 bridgehead atoms. The highest BCUT2D eigenvalue weighted by Gasteiger charge is 2.29. The second-order valence-electron chi connectivity index (χ2n) is 3.53. The van der Waals surface area contributed by atoms with Gasteiger partial charge in [-0.1, -0.05) is 0 Å². The van der Waals surface area contributed by atoms with E-state index in [1.807, 2.05) is 0 Å². The van der Waals surface area contributed by atoms with Gasteiger partial charge >= 0.3 is 0 Å². The van der Waals surface area contributed by atoms with E-state index in [1.165, 1.54) is 37.0 Å². The van der Waals surface area contributed by atoms with Gasteiger partial charge < -0.3 is 14.6 Å². The van der Waals surface area contributed by atoms with Gasteiger partial charge in [0.05, 0.1) is 19.6 Å². The molecule has 0 radical (unpaired) electrons. The Hall–Kier alpha value is -0.700. The number of carbonyl (C=O) groups excluding carboxylic acids is 1. The minimum absolute atomic E-state index is 0.500. The molecule has 0 aromatic rings. The van der Waals surface area contributed by atoms with Crippen molar-refractivity contribution in [1.82, 2.24) is 0 Å². The zero-order valence-electron chi connectivity index (χ0n) is 9.16. The van der Waals surface area contributed by atoms with E-state index >= 15 is 0 Å². The van der Waals surface area contributed by atoms with Gasteiger partial charge in [0.1, 0.15) is 0 Å². The molecular formula is C10H20N2O2. The van der Waals surface area contributed by atoms with E-state index in [2.05, 4.69) is 13.8 Å². The van der Waals surface area contributed by atoms with Gasteiger partial charge in [0.15, 0.2) is 6.73 Å². The SMILES string of the molecule is CCOC[N+]1(CC)CCCC1.[N-]=C=O. The summed E-state index contributed by atoms with van der Waals surface area (Å²) in [6, 6.07) is 0. The molecule has 0 amide bonds. The molecule has 4 nitrogen and oxygen atoms in total. The maximum absolute atomic E-state index is 8.24. The zero-order valence-corrected chi connectivity index (χ0v) is 9.16. The Balaban J connectivity index is 0.000000500. The van der Waals surface area contributed by atoms with Crippen molar-refractivity contribution in [3.63, 3.8) is 0 Å². The Bertz CT molecular complexity index is 171. The number of likely N-dealkylation sites (tertiary alicyclic amines) is 1. The van der Waals surface area contributed by atoms with Crippen LogP contribution in [0.4, 0.5) is 0 Å². The highest BCUT2D eigenvalue weighted by atomic mass is 16.5. The fraction of sp³-hybridized carbons (Fsp3) is 0.900. The van der Waals surface area contributed by atoms with Gasteiger partial charge in [0.2, 0.25) is 0 Å². The fourth-order valence-corrected chi connectivity index (χ4v) is 1.83. The predicted octanol–water partition coefficient (Wildman–Crippen LogP) is 1.50.